The zero-order valence-corrected chi connectivity index (χ0v) is 12.5. The topological polar surface area (TPSA) is 134 Å². The molecule has 1 atom stereocenters. The van der Waals surface area contributed by atoms with Crippen molar-refractivity contribution in [1.29, 1.82) is 0 Å². The van der Waals surface area contributed by atoms with Gasteiger partial charge in [0.15, 0.2) is 0 Å². The standard InChI is InChI=1S/C14H20N2O6/c1-3-16(4-2)7-9-8(5-10(15)12(17)18)6-11(13(19)20)22-14(9)21/h6,10H,3-5,7,15H2,1-2H3,(H,17,18)(H,19,20). The van der Waals surface area contributed by atoms with Crippen LogP contribution in [0.5, 0.6) is 0 Å². The third-order valence-corrected chi connectivity index (χ3v) is 3.39. The molecule has 22 heavy (non-hydrogen) atoms. The fourth-order valence-corrected chi connectivity index (χ4v) is 2.02. The van der Waals surface area contributed by atoms with Crippen LogP contribution in [0.1, 0.15) is 35.5 Å². The van der Waals surface area contributed by atoms with Crippen LogP contribution in [0.3, 0.4) is 0 Å². The molecule has 0 bridgehead atoms. The van der Waals surface area contributed by atoms with Crippen LogP contribution < -0.4 is 11.4 Å². The van der Waals surface area contributed by atoms with E-state index in [-0.39, 0.29) is 24.1 Å². The Balaban J connectivity index is 3.30. The van der Waals surface area contributed by atoms with Gasteiger partial charge in [-0.05, 0) is 31.1 Å². The molecule has 8 heteroatoms. The van der Waals surface area contributed by atoms with Crippen LogP contribution in [0.25, 0.3) is 0 Å². The highest BCUT2D eigenvalue weighted by Crippen LogP contribution is 2.13. The number of carboxylic acids is 2. The van der Waals surface area contributed by atoms with Gasteiger partial charge in [0.05, 0.1) is 5.56 Å². The molecule has 1 aromatic rings. The number of carboxylic acid groups (broad SMARTS) is 2. The number of nitrogens with two attached hydrogens (primary N) is 1. The van der Waals surface area contributed by atoms with Crippen LogP contribution >= 0.6 is 0 Å². The number of aromatic carboxylic acids is 1. The molecule has 1 aromatic heterocycles. The predicted octanol–water partition coefficient (Wildman–Crippen LogP) is 0.134. The van der Waals surface area contributed by atoms with E-state index >= 15 is 0 Å². The molecule has 0 aliphatic heterocycles. The van der Waals surface area contributed by atoms with Crippen molar-refractivity contribution in [3.63, 3.8) is 0 Å². The second-order valence-corrected chi connectivity index (χ2v) is 4.82. The Labute approximate surface area is 127 Å². The van der Waals surface area contributed by atoms with Gasteiger partial charge in [-0.2, -0.15) is 0 Å². The largest absolute Gasteiger partial charge is 0.480 e. The first-order valence-corrected chi connectivity index (χ1v) is 6.90. The molecule has 1 unspecified atom stereocenters. The molecule has 0 aromatic carbocycles. The van der Waals surface area contributed by atoms with Gasteiger partial charge in [0.25, 0.3) is 0 Å². The van der Waals surface area contributed by atoms with E-state index in [1.165, 1.54) is 6.07 Å². The summed E-state index contributed by atoms with van der Waals surface area (Å²) in [7, 11) is 0. The van der Waals surface area contributed by atoms with Crippen molar-refractivity contribution in [1.82, 2.24) is 4.90 Å². The highest BCUT2D eigenvalue weighted by molar-refractivity contribution is 5.84. The molecular weight excluding hydrogens is 292 g/mol. The monoisotopic (exact) mass is 312 g/mol. The average Bonchev–Trinajstić information content (AvgIpc) is 2.46. The smallest absolute Gasteiger partial charge is 0.371 e. The summed E-state index contributed by atoms with van der Waals surface area (Å²) in [5.74, 6) is -3.14. The van der Waals surface area contributed by atoms with Crippen LogP contribution in [0.2, 0.25) is 0 Å². The summed E-state index contributed by atoms with van der Waals surface area (Å²) in [6.07, 6.45) is -0.141. The third kappa shape index (κ3) is 4.40. The van der Waals surface area contributed by atoms with Crippen molar-refractivity contribution in [2.24, 2.45) is 5.73 Å². The molecular formula is C14H20N2O6. The summed E-state index contributed by atoms with van der Waals surface area (Å²) >= 11 is 0. The number of hydrogen-bond acceptors (Lipinski definition) is 6. The highest BCUT2D eigenvalue weighted by Gasteiger charge is 2.21. The van der Waals surface area contributed by atoms with E-state index in [2.05, 4.69) is 0 Å². The third-order valence-electron chi connectivity index (χ3n) is 3.39. The van der Waals surface area contributed by atoms with Crippen LogP contribution in [0.4, 0.5) is 0 Å². The van der Waals surface area contributed by atoms with Crippen LogP contribution in [-0.4, -0.2) is 46.2 Å². The molecule has 4 N–H and O–H groups in total. The van der Waals surface area contributed by atoms with Crippen molar-refractivity contribution in [3.8, 4) is 0 Å². The van der Waals surface area contributed by atoms with Gasteiger partial charge < -0.3 is 20.4 Å². The lowest BCUT2D eigenvalue weighted by Gasteiger charge is -2.19. The Kier molecular flexibility index (Phi) is 6.26. The van der Waals surface area contributed by atoms with Crippen LogP contribution in [-0.2, 0) is 17.8 Å². The quantitative estimate of drug-likeness (QED) is 0.617. The maximum atomic E-state index is 12.0. The first kappa shape index (κ1) is 17.9. The Hall–Kier alpha value is -2.19. The van der Waals surface area contributed by atoms with E-state index in [0.29, 0.717) is 13.1 Å². The molecule has 1 heterocycles. The maximum Gasteiger partial charge on any atom is 0.371 e. The average molecular weight is 312 g/mol. The first-order chi connectivity index (χ1) is 10.3. The van der Waals surface area contributed by atoms with Gasteiger partial charge in [-0.1, -0.05) is 13.8 Å². The van der Waals surface area contributed by atoms with Gasteiger partial charge in [-0.3, -0.25) is 9.69 Å². The van der Waals surface area contributed by atoms with E-state index in [1.807, 2.05) is 18.7 Å². The SMILES string of the molecule is CCN(CC)Cc1c(CC(N)C(=O)O)cc(C(=O)O)oc1=O. The molecule has 8 nitrogen and oxygen atoms in total. The fraction of sp³-hybridized carbons (Fsp3) is 0.500. The molecule has 1 rings (SSSR count). The zero-order chi connectivity index (χ0) is 16.9. The van der Waals surface area contributed by atoms with E-state index in [4.69, 9.17) is 20.4 Å². The Morgan fingerprint density at radius 2 is 1.91 bits per heavy atom. The summed E-state index contributed by atoms with van der Waals surface area (Å²) in [4.78, 5) is 35.9. The fourth-order valence-electron chi connectivity index (χ4n) is 2.02. The molecule has 0 spiro atoms. The molecule has 0 aliphatic rings. The van der Waals surface area contributed by atoms with Gasteiger partial charge in [0, 0.05) is 6.54 Å². The van der Waals surface area contributed by atoms with Gasteiger partial charge in [0.2, 0.25) is 5.76 Å². The lowest BCUT2D eigenvalue weighted by atomic mass is 10.0. The van der Waals surface area contributed by atoms with Crippen molar-refractivity contribution in [3.05, 3.63) is 33.4 Å². The molecule has 0 saturated carbocycles. The first-order valence-electron chi connectivity index (χ1n) is 6.90. The van der Waals surface area contributed by atoms with Gasteiger partial charge in [-0.15, -0.1) is 0 Å². The molecule has 0 saturated heterocycles. The lowest BCUT2D eigenvalue weighted by Crippen LogP contribution is -2.34. The summed E-state index contributed by atoms with van der Waals surface area (Å²) in [5, 5.41) is 17.9. The van der Waals surface area contributed by atoms with Crippen LogP contribution in [0, 0.1) is 0 Å². The van der Waals surface area contributed by atoms with E-state index in [0.717, 1.165) is 0 Å². The Morgan fingerprint density at radius 1 is 1.32 bits per heavy atom. The molecule has 0 aliphatic carbocycles. The van der Waals surface area contributed by atoms with Crippen molar-refractivity contribution >= 4 is 11.9 Å². The number of aliphatic carboxylic acids is 1. The molecule has 0 fully saturated rings. The highest BCUT2D eigenvalue weighted by atomic mass is 16.4. The lowest BCUT2D eigenvalue weighted by molar-refractivity contribution is -0.138. The normalized spacial score (nSPS) is 12.4. The van der Waals surface area contributed by atoms with Gasteiger partial charge >= 0.3 is 17.6 Å². The second-order valence-electron chi connectivity index (χ2n) is 4.82. The minimum Gasteiger partial charge on any atom is -0.480 e. The minimum absolute atomic E-state index is 0.141. The van der Waals surface area contributed by atoms with Crippen molar-refractivity contribution < 1.29 is 24.2 Å². The molecule has 0 amide bonds. The zero-order valence-electron chi connectivity index (χ0n) is 12.5. The predicted molar refractivity (Wildman–Crippen MR) is 77.9 cm³/mol. The van der Waals surface area contributed by atoms with E-state index in [1.54, 1.807) is 0 Å². The van der Waals surface area contributed by atoms with E-state index in [9.17, 15) is 14.4 Å². The Morgan fingerprint density at radius 3 is 2.36 bits per heavy atom. The van der Waals surface area contributed by atoms with Crippen molar-refractivity contribution in [2.45, 2.75) is 32.9 Å². The molecule has 0 radical (unpaired) electrons. The molecule has 122 valence electrons. The van der Waals surface area contributed by atoms with Gasteiger partial charge in [0.1, 0.15) is 6.04 Å². The van der Waals surface area contributed by atoms with Crippen molar-refractivity contribution in [2.75, 3.05) is 13.1 Å². The summed E-state index contributed by atoms with van der Waals surface area (Å²) in [5.41, 5.74) is 5.25. The van der Waals surface area contributed by atoms with Crippen LogP contribution in [0.15, 0.2) is 15.3 Å². The van der Waals surface area contributed by atoms with E-state index < -0.39 is 29.4 Å². The second kappa shape index (κ2) is 7.71. The Bertz CT molecular complexity index is 606. The maximum absolute atomic E-state index is 12.0. The number of nitrogens with zero attached hydrogens (tertiary/aromatic N) is 1. The van der Waals surface area contributed by atoms with Gasteiger partial charge in [-0.25, -0.2) is 9.59 Å². The number of carbonyl (C=O) groups is 2. The summed E-state index contributed by atoms with van der Waals surface area (Å²) in [6.45, 7) is 5.44. The number of rotatable bonds is 8. The minimum atomic E-state index is -1.39. The number of hydrogen-bond donors (Lipinski definition) is 3. The summed E-state index contributed by atoms with van der Waals surface area (Å²) in [6, 6.07) is -0.0513. The summed E-state index contributed by atoms with van der Waals surface area (Å²) < 4.78 is 4.77.